The summed E-state index contributed by atoms with van der Waals surface area (Å²) in [7, 11) is 1.35. The Morgan fingerprint density at radius 3 is 2.59 bits per heavy atom. The third-order valence-corrected chi connectivity index (χ3v) is 2.59. The summed E-state index contributed by atoms with van der Waals surface area (Å²) in [6, 6.07) is 13.6. The normalized spacial score (nSPS) is 12.1. The quantitative estimate of drug-likeness (QED) is 0.760. The maximum absolute atomic E-state index is 11.3. The highest BCUT2D eigenvalue weighted by molar-refractivity contribution is 5.88. The fourth-order valence-electron chi connectivity index (χ4n) is 1.70. The van der Waals surface area contributed by atoms with Crippen molar-refractivity contribution in [2.75, 3.05) is 7.11 Å². The molecule has 0 saturated heterocycles. The van der Waals surface area contributed by atoms with Gasteiger partial charge in [-0.2, -0.15) is 0 Å². The van der Waals surface area contributed by atoms with Crippen molar-refractivity contribution >= 4 is 16.7 Å². The van der Waals surface area contributed by atoms with E-state index in [0.29, 0.717) is 5.75 Å². The molecular weight excluding hydrogens is 216 g/mol. The van der Waals surface area contributed by atoms with Crippen LogP contribution in [0, 0.1) is 0 Å². The van der Waals surface area contributed by atoms with Crippen LogP contribution in [0.25, 0.3) is 10.8 Å². The number of esters is 1. The number of rotatable bonds is 3. The van der Waals surface area contributed by atoms with Gasteiger partial charge in [-0.05, 0) is 18.4 Å². The Labute approximate surface area is 100.0 Å². The lowest BCUT2D eigenvalue weighted by Gasteiger charge is -2.14. The van der Waals surface area contributed by atoms with Gasteiger partial charge in [-0.3, -0.25) is 0 Å². The number of ether oxygens (including phenoxy) is 2. The van der Waals surface area contributed by atoms with E-state index < -0.39 is 6.10 Å². The molecule has 0 aliphatic heterocycles. The summed E-state index contributed by atoms with van der Waals surface area (Å²) < 4.78 is 10.2. The smallest absolute Gasteiger partial charge is 0.346 e. The summed E-state index contributed by atoms with van der Waals surface area (Å²) in [5.41, 5.74) is 0. The molecule has 0 aliphatic rings. The van der Waals surface area contributed by atoms with Crippen LogP contribution in [-0.4, -0.2) is 19.2 Å². The minimum absolute atomic E-state index is 0.377. The molecule has 0 bridgehead atoms. The molecule has 0 N–H and O–H groups in total. The largest absolute Gasteiger partial charge is 0.478 e. The molecule has 0 radical (unpaired) electrons. The molecule has 0 aliphatic carbocycles. The molecule has 88 valence electrons. The van der Waals surface area contributed by atoms with Crippen LogP contribution in [0.1, 0.15) is 6.92 Å². The second-order valence-electron chi connectivity index (χ2n) is 3.76. The van der Waals surface area contributed by atoms with Gasteiger partial charge in [0.1, 0.15) is 5.75 Å². The van der Waals surface area contributed by atoms with E-state index in [-0.39, 0.29) is 5.97 Å². The lowest BCUT2D eigenvalue weighted by Crippen LogP contribution is -2.24. The van der Waals surface area contributed by atoms with E-state index in [1.165, 1.54) is 7.11 Å². The van der Waals surface area contributed by atoms with Gasteiger partial charge >= 0.3 is 5.97 Å². The van der Waals surface area contributed by atoms with Gasteiger partial charge in [0.05, 0.1) is 7.11 Å². The van der Waals surface area contributed by atoms with Crippen molar-refractivity contribution < 1.29 is 14.3 Å². The predicted molar refractivity (Wildman–Crippen MR) is 66.1 cm³/mol. The molecule has 3 nitrogen and oxygen atoms in total. The second kappa shape index (κ2) is 4.87. The van der Waals surface area contributed by atoms with Crippen LogP contribution in [0.4, 0.5) is 0 Å². The molecule has 0 saturated carbocycles. The van der Waals surface area contributed by atoms with E-state index >= 15 is 0 Å². The summed E-state index contributed by atoms with van der Waals surface area (Å²) in [5, 5.41) is 2.08. The first-order valence-electron chi connectivity index (χ1n) is 5.44. The van der Waals surface area contributed by atoms with Crippen LogP contribution in [0.3, 0.4) is 0 Å². The van der Waals surface area contributed by atoms with E-state index in [1.807, 2.05) is 42.5 Å². The fraction of sp³-hybridized carbons (Fsp3) is 0.214. The Kier molecular flexibility index (Phi) is 3.28. The minimum Gasteiger partial charge on any atom is -0.478 e. The standard InChI is InChI=1S/C14H14O3/c1-10(14(15)16-2)17-13-9-5-7-11-6-3-4-8-12(11)13/h3-10H,1-2H3/t10-/m0/s1. The van der Waals surface area contributed by atoms with Gasteiger partial charge < -0.3 is 9.47 Å². The number of hydrogen-bond acceptors (Lipinski definition) is 3. The zero-order valence-corrected chi connectivity index (χ0v) is 9.84. The molecule has 0 unspecified atom stereocenters. The molecule has 0 amide bonds. The average Bonchev–Trinajstić information content (AvgIpc) is 2.38. The van der Waals surface area contributed by atoms with Gasteiger partial charge in [-0.25, -0.2) is 4.79 Å². The van der Waals surface area contributed by atoms with Crippen molar-refractivity contribution in [3.63, 3.8) is 0 Å². The van der Waals surface area contributed by atoms with Crippen LogP contribution < -0.4 is 4.74 Å². The van der Waals surface area contributed by atoms with Crippen molar-refractivity contribution in [1.29, 1.82) is 0 Å². The molecule has 2 rings (SSSR count). The Morgan fingerprint density at radius 2 is 1.82 bits per heavy atom. The topological polar surface area (TPSA) is 35.5 Å². The summed E-state index contributed by atoms with van der Waals surface area (Å²) in [5.74, 6) is 0.318. The van der Waals surface area contributed by atoms with Crippen LogP contribution in [0.15, 0.2) is 42.5 Å². The molecular formula is C14H14O3. The first-order valence-corrected chi connectivity index (χ1v) is 5.44. The number of carbonyl (C=O) groups excluding carboxylic acids is 1. The number of methoxy groups -OCH3 is 1. The zero-order valence-electron chi connectivity index (χ0n) is 9.84. The van der Waals surface area contributed by atoms with Gasteiger partial charge in [-0.15, -0.1) is 0 Å². The second-order valence-corrected chi connectivity index (χ2v) is 3.76. The number of fused-ring (bicyclic) bond motifs is 1. The molecule has 3 heteroatoms. The first-order chi connectivity index (χ1) is 8.22. The number of carbonyl (C=O) groups is 1. The third kappa shape index (κ3) is 2.38. The Hall–Kier alpha value is -2.03. The summed E-state index contributed by atoms with van der Waals surface area (Å²) >= 11 is 0. The molecule has 0 heterocycles. The van der Waals surface area contributed by atoms with Gasteiger partial charge in [0.25, 0.3) is 0 Å². The predicted octanol–water partition coefficient (Wildman–Crippen LogP) is 2.78. The van der Waals surface area contributed by atoms with E-state index in [2.05, 4.69) is 4.74 Å². The average molecular weight is 230 g/mol. The zero-order chi connectivity index (χ0) is 12.3. The lowest BCUT2D eigenvalue weighted by atomic mass is 10.1. The molecule has 0 spiro atoms. The van der Waals surface area contributed by atoms with Crippen molar-refractivity contribution in [3.8, 4) is 5.75 Å². The highest BCUT2D eigenvalue weighted by Gasteiger charge is 2.15. The Morgan fingerprint density at radius 1 is 1.12 bits per heavy atom. The van der Waals surface area contributed by atoms with Crippen molar-refractivity contribution in [3.05, 3.63) is 42.5 Å². The van der Waals surface area contributed by atoms with Crippen molar-refractivity contribution in [1.82, 2.24) is 0 Å². The molecule has 2 aromatic carbocycles. The molecule has 0 fully saturated rings. The third-order valence-electron chi connectivity index (χ3n) is 2.59. The molecule has 1 atom stereocenters. The molecule has 0 aromatic heterocycles. The maximum Gasteiger partial charge on any atom is 0.346 e. The highest BCUT2D eigenvalue weighted by Crippen LogP contribution is 2.26. The van der Waals surface area contributed by atoms with Gasteiger partial charge in [0, 0.05) is 5.39 Å². The maximum atomic E-state index is 11.3. The number of hydrogen-bond donors (Lipinski definition) is 0. The fourth-order valence-corrected chi connectivity index (χ4v) is 1.70. The SMILES string of the molecule is COC(=O)[C@H](C)Oc1cccc2ccccc12. The van der Waals surface area contributed by atoms with Crippen LogP contribution in [0.2, 0.25) is 0 Å². The van der Waals surface area contributed by atoms with E-state index in [0.717, 1.165) is 10.8 Å². The minimum atomic E-state index is -0.606. The Bertz CT molecular complexity index is 528. The lowest BCUT2D eigenvalue weighted by molar-refractivity contribution is -0.147. The van der Waals surface area contributed by atoms with Gasteiger partial charge in [-0.1, -0.05) is 36.4 Å². The van der Waals surface area contributed by atoms with E-state index in [4.69, 9.17) is 4.74 Å². The monoisotopic (exact) mass is 230 g/mol. The van der Waals surface area contributed by atoms with Crippen molar-refractivity contribution in [2.45, 2.75) is 13.0 Å². The Balaban J connectivity index is 2.33. The number of benzene rings is 2. The summed E-state index contributed by atoms with van der Waals surface area (Å²) in [6.07, 6.45) is -0.606. The highest BCUT2D eigenvalue weighted by atomic mass is 16.6. The van der Waals surface area contributed by atoms with Gasteiger partial charge in [0.2, 0.25) is 0 Å². The van der Waals surface area contributed by atoms with E-state index in [1.54, 1.807) is 6.92 Å². The van der Waals surface area contributed by atoms with Crippen LogP contribution >= 0.6 is 0 Å². The molecule has 2 aromatic rings. The summed E-state index contributed by atoms with van der Waals surface area (Å²) in [6.45, 7) is 1.67. The van der Waals surface area contributed by atoms with Crippen molar-refractivity contribution in [2.24, 2.45) is 0 Å². The van der Waals surface area contributed by atoms with E-state index in [9.17, 15) is 4.79 Å². The molecule has 17 heavy (non-hydrogen) atoms. The van der Waals surface area contributed by atoms with Gasteiger partial charge in [0.15, 0.2) is 6.10 Å². The first kappa shape index (κ1) is 11.5. The van der Waals surface area contributed by atoms with Crippen LogP contribution in [0.5, 0.6) is 5.75 Å². The van der Waals surface area contributed by atoms with Crippen LogP contribution in [-0.2, 0) is 9.53 Å². The summed E-state index contributed by atoms with van der Waals surface area (Å²) in [4.78, 5) is 11.3.